The lowest BCUT2D eigenvalue weighted by Gasteiger charge is -2.23. The standard InChI is InChI=1S/C30H29FN2O7S/c1-6-38-22-13-17(7-9-21(22)39-12-11-15(2)3)24-23-25(34)19-14-18(31)8-10-20(19)40-26(23)28(35)33(24)30-32-16(4)27(41-30)29(36)37-5/h7-10,13-15,24H,6,11-12H2,1-5H3. The SMILES string of the molecule is CCOc1cc(C2c3c(oc4ccc(F)cc4c3=O)C(=O)N2c2nc(C)c(C(=O)OC)s2)ccc1OCCC(C)C. The number of anilines is 1. The fourth-order valence-corrected chi connectivity index (χ4v) is 5.72. The van der Waals surface area contributed by atoms with Crippen LogP contribution in [0.1, 0.15) is 70.3 Å². The maximum atomic E-state index is 14.2. The van der Waals surface area contributed by atoms with Crippen molar-refractivity contribution in [2.45, 2.75) is 40.2 Å². The molecule has 11 heteroatoms. The molecule has 41 heavy (non-hydrogen) atoms. The van der Waals surface area contributed by atoms with Gasteiger partial charge in [0.2, 0.25) is 5.76 Å². The van der Waals surface area contributed by atoms with E-state index in [0.29, 0.717) is 41.9 Å². The highest BCUT2D eigenvalue weighted by atomic mass is 32.1. The van der Waals surface area contributed by atoms with Crippen LogP contribution >= 0.6 is 11.3 Å². The molecule has 0 spiro atoms. The van der Waals surface area contributed by atoms with Crippen LogP contribution in [-0.2, 0) is 4.74 Å². The van der Waals surface area contributed by atoms with E-state index >= 15 is 0 Å². The van der Waals surface area contributed by atoms with Crippen LogP contribution in [0.3, 0.4) is 0 Å². The quantitative estimate of drug-likeness (QED) is 0.220. The normalized spacial score (nSPS) is 14.6. The number of fused-ring (bicyclic) bond motifs is 2. The van der Waals surface area contributed by atoms with Gasteiger partial charge in [0.25, 0.3) is 5.91 Å². The van der Waals surface area contributed by atoms with Gasteiger partial charge in [-0.2, -0.15) is 0 Å². The number of hydrogen-bond donors (Lipinski definition) is 0. The third kappa shape index (κ3) is 5.17. The average molecular weight is 581 g/mol. The van der Waals surface area contributed by atoms with E-state index in [-0.39, 0.29) is 32.3 Å². The van der Waals surface area contributed by atoms with E-state index in [1.54, 1.807) is 25.1 Å². The molecule has 1 aliphatic heterocycles. The van der Waals surface area contributed by atoms with Crippen LogP contribution in [0.15, 0.2) is 45.6 Å². The number of thiazole rings is 1. The van der Waals surface area contributed by atoms with Crippen molar-refractivity contribution in [3.05, 3.63) is 79.9 Å². The number of amides is 1. The molecule has 0 radical (unpaired) electrons. The van der Waals surface area contributed by atoms with E-state index in [0.717, 1.165) is 29.9 Å². The van der Waals surface area contributed by atoms with Crippen molar-refractivity contribution >= 4 is 39.3 Å². The number of esters is 1. The highest BCUT2D eigenvalue weighted by molar-refractivity contribution is 7.17. The van der Waals surface area contributed by atoms with Gasteiger partial charge in [0.15, 0.2) is 22.1 Å². The smallest absolute Gasteiger partial charge is 0.350 e. The Morgan fingerprint density at radius 3 is 2.63 bits per heavy atom. The number of aromatic nitrogens is 1. The summed E-state index contributed by atoms with van der Waals surface area (Å²) in [7, 11) is 1.26. The molecule has 0 N–H and O–H groups in total. The van der Waals surface area contributed by atoms with Crippen molar-refractivity contribution in [2.75, 3.05) is 25.2 Å². The third-order valence-corrected chi connectivity index (χ3v) is 7.87. The van der Waals surface area contributed by atoms with Crippen LogP contribution < -0.4 is 19.8 Å². The van der Waals surface area contributed by atoms with Gasteiger partial charge in [-0.05, 0) is 62.1 Å². The van der Waals surface area contributed by atoms with Crippen molar-refractivity contribution in [2.24, 2.45) is 5.92 Å². The van der Waals surface area contributed by atoms with Gasteiger partial charge in [0, 0.05) is 0 Å². The summed E-state index contributed by atoms with van der Waals surface area (Å²) in [6.07, 6.45) is 0.849. The molecule has 0 fully saturated rings. The van der Waals surface area contributed by atoms with E-state index in [1.165, 1.54) is 18.1 Å². The van der Waals surface area contributed by atoms with Crippen molar-refractivity contribution in [3.8, 4) is 11.5 Å². The number of ether oxygens (including phenoxy) is 3. The van der Waals surface area contributed by atoms with Gasteiger partial charge in [-0.1, -0.05) is 31.3 Å². The summed E-state index contributed by atoms with van der Waals surface area (Å²) in [6, 6.07) is 7.75. The number of carbonyl (C=O) groups excluding carboxylic acids is 2. The molecule has 3 heterocycles. The van der Waals surface area contributed by atoms with Gasteiger partial charge in [-0.25, -0.2) is 14.2 Å². The lowest BCUT2D eigenvalue weighted by atomic mass is 9.98. The molecular formula is C30H29FN2O7S. The maximum absolute atomic E-state index is 14.2. The summed E-state index contributed by atoms with van der Waals surface area (Å²) in [4.78, 5) is 46.1. The number of hydrogen-bond acceptors (Lipinski definition) is 9. The lowest BCUT2D eigenvalue weighted by Crippen LogP contribution is -2.29. The molecule has 1 aliphatic rings. The summed E-state index contributed by atoms with van der Waals surface area (Å²) in [6.45, 7) is 8.52. The van der Waals surface area contributed by atoms with Crippen molar-refractivity contribution < 1.29 is 32.6 Å². The molecule has 214 valence electrons. The fourth-order valence-electron chi connectivity index (χ4n) is 4.71. The van der Waals surface area contributed by atoms with Gasteiger partial charge in [-0.15, -0.1) is 0 Å². The van der Waals surface area contributed by atoms with Crippen LogP contribution in [0.25, 0.3) is 11.0 Å². The summed E-state index contributed by atoms with van der Waals surface area (Å²) in [5, 5.41) is 0.182. The summed E-state index contributed by atoms with van der Waals surface area (Å²) in [5.41, 5.74) is 0.468. The zero-order chi connectivity index (χ0) is 29.4. The number of benzene rings is 2. The number of carbonyl (C=O) groups is 2. The summed E-state index contributed by atoms with van der Waals surface area (Å²) in [5.74, 6) is -0.578. The maximum Gasteiger partial charge on any atom is 0.350 e. The van der Waals surface area contributed by atoms with Gasteiger partial charge < -0.3 is 18.6 Å². The molecule has 0 bridgehead atoms. The number of aryl methyl sites for hydroxylation is 1. The molecule has 1 atom stereocenters. The van der Waals surface area contributed by atoms with Crippen LogP contribution in [0.4, 0.5) is 9.52 Å². The fraction of sp³-hybridized carbons (Fsp3) is 0.333. The second-order valence-electron chi connectivity index (χ2n) is 9.96. The number of rotatable bonds is 9. The number of halogens is 1. The Labute approximate surface area is 239 Å². The topological polar surface area (TPSA) is 108 Å². The van der Waals surface area contributed by atoms with Gasteiger partial charge in [0.05, 0.1) is 43.0 Å². The van der Waals surface area contributed by atoms with Crippen LogP contribution in [0.2, 0.25) is 0 Å². The molecule has 5 rings (SSSR count). The van der Waals surface area contributed by atoms with Crippen LogP contribution in [0.5, 0.6) is 11.5 Å². The Morgan fingerprint density at radius 2 is 1.93 bits per heavy atom. The summed E-state index contributed by atoms with van der Waals surface area (Å²) < 4.78 is 36.8. The van der Waals surface area contributed by atoms with Crippen LogP contribution in [0, 0.1) is 18.7 Å². The molecule has 4 aromatic rings. The first-order valence-electron chi connectivity index (χ1n) is 13.2. The zero-order valence-corrected chi connectivity index (χ0v) is 24.1. The molecule has 0 saturated heterocycles. The highest BCUT2D eigenvalue weighted by Crippen LogP contribution is 2.45. The van der Waals surface area contributed by atoms with Crippen LogP contribution in [-0.4, -0.2) is 37.2 Å². The van der Waals surface area contributed by atoms with Crippen molar-refractivity contribution in [1.29, 1.82) is 0 Å². The van der Waals surface area contributed by atoms with E-state index in [1.807, 2.05) is 6.92 Å². The highest BCUT2D eigenvalue weighted by Gasteiger charge is 2.45. The molecule has 9 nitrogen and oxygen atoms in total. The zero-order valence-electron chi connectivity index (χ0n) is 23.3. The van der Waals surface area contributed by atoms with Gasteiger partial charge >= 0.3 is 5.97 Å². The minimum Gasteiger partial charge on any atom is -0.490 e. The predicted molar refractivity (Wildman–Crippen MR) is 152 cm³/mol. The minimum atomic E-state index is -0.999. The minimum absolute atomic E-state index is 0.00707. The lowest BCUT2D eigenvalue weighted by molar-refractivity contribution is 0.0605. The Hall–Kier alpha value is -4.25. The molecule has 0 aliphatic carbocycles. The first-order chi connectivity index (χ1) is 19.6. The molecule has 1 unspecified atom stereocenters. The molecule has 2 aromatic heterocycles. The van der Waals surface area contributed by atoms with Crippen molar-refractivity contribution in [1.82, 2.24) is 4.98 Å². The first kappa shape index (κ1) is 28.3. The monoisotopic (exact) mass is 580 g/mol. The van der Waals surface area contributed by atoms with E-state index < -0.39 is 29.2 Å². The molecular weight excluding hydrogens is 551 g/mol. The largest absolute Gasteiger partial charge is 0.490 e. The first-order valence-corrected chi connectivity index (χ1v) is 14.0. The number of nitrogens with zero attached hydrogens (tertiary/aromatic N) is 2. The predicted octanol–water partition coefficient (Wildman–Crippen LogP) is 6.06. The van der Waals surface area contributed by atoms with Crippen molar-refractivity contribution in [3.63, 3.8) is 0 Å². The Bertz CT molecular complexity index is 1710. The Kier molecular flexibility index (Phi) is 7.81. The second kappa shape index (κ2) is 11.3. The average Bonchev–Trinajstić information content (AvgIpc) is 3.46. The molecule has 1 amide bonds. The van der Waals surface area contributed by atoms with Gasteiger partial charge in [-0.3, -0.25) is 14.5 Å². The summed E-state index contributed by atoms with van der Waals surface area (Å²) >= 11 is 0.966. The Balaban J connectivity index is 1.70. The second-order valence-corrected chi connectivity index (χ2v) is 10.9. The molecule has 2 aromatic carbocycles. The van der Waals surface area contributed by atoms with E-state index in [4.69, 9.17) is 18.6 Å². The third-order valence-electron chi connectivity index (χ3n) is 6.73. The van der Waals surface area contributed by atoms with E-state index in [2.05, 4.69) is 18.8 Å². The Morgan fingerprint density at radius 1 is 1.15 bits per heavy atom. The number of methoxy groups -OCH3 is 1. The molecule has 0 saturated carbocycles. The van der Waals surface area contributed by atoms with E-state index in [9.17, 15) is 18.8 Å². The van der Waals surface area contributed by atoms with Gasteiger partial charge in [0.1, 0.15) is 16.3 Å².